The van der Waals surface area contributed by atoms with E-state index in [1.165, 1.54) is 31.2 Å². The number of hydrogen-bond acceptors (Lipinski definition) is 3. The van der Waals surface area contributed by atoms with Gasteiger partial charge in [0, 0.05) is 12.1 Å². The number of ether oxygens (including phenoxy) is 2. The highest BCUT2D eigenvalue weighted by molar-refractivity contribution is 5.46. The van der Waals surface area contributed by atoms with Crippen molar-refractivity contribution in [2.45, 2.75) is 39.2 Å². The Morgan fingerprint density at radius 3 is 2.81 bits per heavy atom. The number of hydrogen-bond donors (Lipinski definition) is 1. The molecule has 3 atom stereocenters. The first-order valence-electron chi connectivity index (χ1n) is 8.31. The highest BCUT2D eigenvalue weighted by Crippen LogP contribution is 2.48. The van der Waals surface area contributed by atoms with Crippen molar-refractivity contribution in [1.82, 2.24) is 5.32 Å². The zero-order chi connectivity index (χ0) is 14.7. The zero-order valence-corrected chi connectivity index (χ0v) is 13.2. The van der Waals surface area contributed by atoms with E-state index in [1.807, 2.05) is 19.1 Å². The second-order valence-electron chi connectivity index (χ2n) is 6.45. The minimum atomic E-state index is 0.665. The first-order chi connectivity index (χ1) is 10.3. The lowest BCUT2D eigenvalue weighted by Crippen LogP contribution is -2.26. The van der Waals surface area contributed by atoms with E-state index in [4.69, 9.17) is 9.47 Å². The first kappa shape index (κ1) is 14.7. The number of benzene rings is 1. The molecule has 21 heavy (non-hydrogen) atoms. The molecule has 2 fully saturated rings. The predicted molar refractivity (Wildman–Crippen MR) is 84.8 cm³/mol. The normalized spacial score (nSPS) is 27.0. The molecule has 2 aliphatic rings. The molecule has 0 saturated heterocycles. The van der Waals surface area contributed by atoms with Gasteiger partial charge in [0.25, 0.3) is 0 Å². The van der Waals surface area contributed by atoms with E-state index in [1.54, 1.807) is 7.11 Å². The molecule has 0 spiro atoms. The summed E-state index contributed by atoms with van der Waals surface area (Å²) in [5, 5.41) is 3.64. The molecule has 2 saturated carbocycles. The predicted octanol–water partition coefficient (Wildman–Crippen LogP) is 3.62. The van der Waals surface area contributed by atoms with Crippen LogP contribution in [0.25, 0.3) is 0 Å². The third-order valence-corrected chi connectivity index (χ3v) is 5.17. The van der Waals surface area contributed by atoms with E-state index >= 15 is 0 Å². The van der Waals surface area contributed by atoms with E-state index in [0.717, 1.165) is 42.3 Å². The highest BCUT2D eigenvalue weighted by atomic mass is 16.5. The monoisotopic (exact) mass is 289 g/mol. The molecular formula is C18H27NO2. The Labute approximate surface area is 128 Å². The maximum absolute atomic E-state index is 5.64. The summed E-state index contributed by atoms with van der Waals surface area (Å²) in [5.74, 6) is 4.63. The number of rotatable bonds is 7. The van der Waals surface area contributed by atoms with Crippen LogP contribution >= 0.6 is 0 Å². The smallest absolute Gasteiger partial charge is 0.165 e. The number of fused-ring (bicyclic) bond motifs is 2. The van der Waals surface area contributed by atoms with Crippen LogP contribution in [0.1, 0.15) is 38.2 Å². The summed E-state index contributed by atoms with van der Waals surface area (Å²) >= 11 is 0. The van der Waals surface area contributed by atoms with Gasteiger partial charge in [0.2, 0.25) is 0 Å². The summed E-state index contributed by atoms with van der Waals surface area (Å²) in [6.07, 6.45) is 5.86. The largest absolute Gasteiger partial charge is 0.493 e. The minimum Gasteiger partial charge on any atom is -0.493 e. The molecule has 0 heterocycles. The van der Waals surface area contributed by atoms with Gasteiger partial charge in [-0.15, -0.1) is 0 Å². The highest BCUT2D eigenvalue weighted by Gasteiger charge is 2.38. The fourth-order valence-corrected chi connectivity index (χ4v) is 4.22. The molecule has 1 aromatic rings. The van der Waals surface area contributed by atoms with E-state index in [0.29, 0.717) is 6.61 Å². The summed E-state index contributed by atoms with van der Waals surface area (Å²) in [6.45, 7) is 4.67. The summed E-state index contributed by atoms with van der Waals surface area (Å²) in [7, 11) is 1.72. The molecule has 2 aliphatic carbocycles. The van der Waals surface area contributed by atoms with Gasteiger partial charge in [-0.25, -0.2) is 0 Å². The average Bonchev–Trinajstić information content (AvgIpc) is 3.10. The lowest BCUT2D eigenvalue weighted by Gasteiger charge is -2.22. The van der Waals surface area contributed by atoms with Gasteiger partial charge in [0.05, 0.1) is 13.7 Å². The van der Waals surface area contributed by atoms with Crippen LogP contribution in [0, 0.1) is 17.8 Å². The van der Waals surface area contributed by atoms with Crippen molar-refractivity contribution in [3.8, 4) is 11.5 Å². The first-order valence-corrected chi connectivity index (χ1v) is 8.31. The second-order valence-corrected chi connectivity index (χ2v) is 6.45. The van der Waals surface area contributed by atoms with Crippen molar-refractivity contribution in [2.75, 3.05) is 20.3 Å². The van der Waals surface area contributed by atoms with Gasteiger partial charge in [-0.05, 0) is 56.6 Å². The summed E-state index contributed by atoms with van der Waals surface area (Å²) < 4.78 is 11.2. The minimum absolute atomic E-state index is 0.665. The van der Waals surface area contributed by atoms with Gasteiger partial charge in [0.15, 0.2) is 11.5 Å². The van der Waals surface area contributed by atoms with E-state index in [9.17, 15) is 0 Å². The van der Waals surface area contributed by atoms with E-state index in [-0.39, 0.29) is 0 Å². The van der Waals surface area contributed by atoms with E-state index < -0.39 is 0 Å². The summed E-state index contributed by atoms with van der Waals surface area (Å²) in [6, 6.07) is 6.14. The maximum atomic E-state index is 5.64. The van der Waals surface area contributed by atoms with Crippen molar-refractivity contribution in [2.24, 2.45) is 17.8 Å². The Morgan fingerprint density at radius 1 is 1.24 bits per heavy atom. The molecule has 1 aromatic carbocycles. The van der Waals surface area contributed by atoms with Crippen LogP contribution in [0.3, 0.4) is 0 Å². The van der Waals surface area contributed by atoms with Crippen LogP contribution in [-0.4, -0.2) is 20.3 Å². The Morgan fingerprint density at radius 2 is 2.14 bits per heavy atom. The van der Waals surface area contributed by atoms with Crippen molar-refractivity contribution >= 4 is 0 Å². The van der Waals surface area contributed by atoms with Crippen molar-refractivity contribution in [1.29, 1.82) is 0 Å². The number of methoxy groups -OCH3 is 1. The van der Waals surface area contributed by atoms with Gasteiger partial charge in [-0.2, -0.15) is 0 Å². The molecule has 1 N–H and O–H groups in total. The zero-order valence-electron chi connectivity index (χ0n) is 13.2. The lowest BCUT2D eigenvalue weighted by atomic mass is 9.89. The Balaban J connectivity index is 1.56. The molecular weight excluding hydrogens is 262 g/mol. The van der Waals surface area contributed by atoms with Gasteiger partial charge in [0.1, 0.15) is 0 Å². The molecule has 0 radical (unpaired) electrons. The SMILES string of the molecule is CCOc1cccc(CNCC2CC3CCC2C3)c1OC. The molecule has 0 aliphatic heterocycles. The number of nitrogens with one attached hydrogen (secondary N) is 1. The quantitative estimate of drug-likeness (QED) is 0.831. The van der Waals surface area contributed by atoms with Gasteiger partial charge in [-0.1, -0.05) is 18.6 Å². The summed E-state index contributed by atoms with van der Waals surface area (Å²) in [4.78, 5) is 0. The second kappa shape index (κ2) is 6.69. The molecule has 3 unspecified atom stereocenters. The van der Waals surface area contributed by atoms with Crippen LogP contribution in [0.15, 0.2) is 18.2 Å². The van der Waals surface area contributed by atoms with Crippen LogP contribution < -0.4 is 14.8 Å². The average molecular weight is 289 g/mol. The third kappa shape index (κ3) is 3.18. The molecule has 2 bridgehead atoms. The Hall–Kier alpha value is -1.22. The summed E-state index contributed by atoms with van der Waals surface area (Å²) in [5.41, 5.74) is 1.19. The molecule has 116 valence electrons. The van der Waals surface area contributed by atoms with Gasteiger partial charge in [-0.3, -0.25) is 0 Å². The fourth-order valence-electron chi connectivity index (χ4n) is 4.22. The standard InChI is InChI=1S/C18H27NO2/c1-3-21-17-6-4-5-15(18(17)20-2)11-19-12-16-10-13-7-8-14(16)9-13/h4-6,13-14,16,19H,3,7-12H2,1-2H3. The maximum Gasteiger partial charge on any atom is 0.165 e. The third-order valence-electron chi connectivity index (χ3n) is 5.17. The van der Waals surface area contributed by atoms with E-state index in [2.05, 4.69) is 11.4 Å². The van der Waals surface area contributed by atoms with Crippen LogP contribution in [0.4, 0.5) is 0 Å². The van der Waals surface area contributed by atoms with Crippen LogP contribution in [0.5, 0.6) is 11.5 Å². The fraction of sp³-hybridized carbons (Fsp3) is 0.667. The Kier molecular flexibility index (Phi) is 4.69. The molecule has 3 rings (SSSR count). The van der Waals surface area contributed by atoms with Crippen molar-refractivity contribution in [3.63, 3.8) is 0 Å². The molecule has 0 amide bonds. The topological polar surface area (TPSA) is 30.5 Å². The molecule has 3 nitrogen and oxygen atoms in total. The van der Waals surface area contributed by atoms with Crippen molar-refractivity contribution in [3.05, 3.63) is 23.8 Å². The van der Waals surface area contributed by atoms with Gasteiger partial charge >= 0.3 is 0 Å². The van der Waals surface area contributed by atoms with Gasteiger partial charge < -0.3 is 14.8 Å². The number of para-hydroxylation sites is 1. The van der Waals surface area contributed by atoms with Crippen molar-refractivity contribution < 1.29 is 9.47 Å². The molecule has 3 heteroatoms. The lowest BCUT2D eigenvalue weighted by molar-refractivity contribution is 0.305. The van der Waals surface area contributed by atoms with Crippen LogP contribution in [0.2, 0.25) is 0 Å². The molecule has 0 aromatic heterocycles. The Bertz CT molecular complexity index is 474. The van der Waals surface area contributed by atoms with Crippen LogP contribution in [-0.2, 0) is 6.54 Å².